The lowest BCUT2D eigenvalue weighted by molar-refractivity contribution is -0.144. The number of aliphatic hydroxyl groups excluding tert-OH is 1. The van der Waals surface area contributed by atoms with Gasteiger partial charge in [0.15, 0.2) is 0 Å². The van der Waals surface area contributed by atoms with Crippen LogP contribution < -0.4 is 5.32 Å². The molecule has 0 aromatic carbocycles. The zero-order chi connectivity index (χ0) is 11.1. The number of hydrogen-bond acceptors (Lipinski definition) is 5. The number of ether oxygens (including phenoxy) is 1. The number of carboxylic acid groups (broad SMARTS) is 1. The van der Waals surface area contributed by atoms with Crippen molar-refractivity contribution < 1.29 is 24.5 Å². The minimum absolute atomic E-state index is 0.0764. The van der Waals surface area contributed by atoms with Crippen molar-refractivity contribution >= 4 is 11.9 Å². The number of nitrogens with one attached hydrogen (secondary N) is 1. The topological polar surface area (TPSA) is 95.9 Å². The predicted octanol–water partition coefficient (Wildman–Crippen LogP) is -1.03. The number of carbonyl (C=O) groups excluding carboxylic acids is 1. The molecule has 0 heterocycles. The molecule has 0 rings (SSSR count). The molecule has 6 nitrogen and oxygen atoms in total. The molecule has 0 spiro atoms. The molecule has 6 heteroatoms. The maximum Gasteiger partial charge on any atom is 0.323 e. The van der Waals surface area contributed by atoms with Gasteiger partial charge in [-0.2, -0.15) is 0 Å². The summed E-state index contributed by atoms with van der Waals surface area (Å²) in [5, 5.41) is 20.2. The van der Waals surface area contributed by atoms with Crippen LogP contribution in [0.4, 0.5) is 0 Å². The van der Waals surface area contributed by atoms with Gasteiger partial charge in [-0.25, -0.2) is 0 Å². The van der Waals surface area contributed by atoms with Gasteiger partial charge in [-0.1, -0.05) is 0 Å². The van der Waals surface area contributed by atoms with Gasteiger partial charge in [0, 0.05) is 6.54 Å². The van der Waals surface area contributed by atoms with Crippen LogP contribution >= 0.6 is 0 Å². The minimum Gasteiger partial charge on any atom is -0.480 e. The molecular formula is C8H15NO5. The summed E-state index contributed by atoms with van der Waals surface area (Å²) in [6.45, 7) is 1.53. The van der Waals surface area contributed by atoms with E-state index in [0.29, 0.717) is 0 Å². The number of methoxy groups -OCH3 is 1. The van der Waals surface area contributed by atoms with Gasteiger partial charge in [0.1, 0.15) is 6.04 Å². The second kappa shape index (κ2) is 6.33. The van der Waals surface area contributed by atoms with Crippen molar-refractivity contribution in [3.8, 4) is 0 Å². The highest BCUT2D eigenvalue weighted by molar-refractivity contribution is 5.74. The first-order valence-corrected chi connectivity index (χ1v) is 4.20. The Morgan fingerprint density at radius 2 is 2.07 bits per heavy atom. The predicted molar refractivity (Wildman–Crippen MR) is 47.7 cm³/mol. The van der Waals surface area contributed by atoms with Gasteiger partial charge in [0.25, 0.3) is 0 Å². The van der Waals surface area contributed by atoms with E-state index in [1.807, 2.05) is 0 Å². The first-order chi connectivity index (χ1) is 6.49. The van der Waals surface area contributed by atoms with Gasteiger partial charge in [0.2, 0.25) is 0 Å². The molecule has 82 valence electrons. The van der Waals surface area contributed by atoms with Crippen LogP contribution in [0.5, 0.6) is 0 Å². The van der Waals surface area contributed by atoms with Crippen LogP contribution in [0, 0.1) is 0 Å². The average Bonchev–Trinajstić information content (AvgIpc) is 2.10. The number of rotatable bonds is 6. The van der Waals surface area contributed by atoms with Gasteiger partial charge in [-0.15, -0.1) is 0 Å². The zero-order valence-corrected chi connectivity index (χ0v) is 8.19. The summed E-state index contributed by atoms with van der Waals surface area (Å²) in [5.41, 5.74) is 0. The molecule has 0 radical (unpaired) electrons. The summed E-state index contributed by atoms with van der Waals surface area (Å²) in [4.78, 5) is 21.2. The van der Waals surface area contributed by atoms with Crippen molar-refractivity contribution in [1.82, 2.24) is 5.32 Å². The minimum atomic E-state index is -1.15. The molecular weight excluding hydrogens is 190 g/mol. The Kier molecular flexibility index (Phi) is 5.82. The van der Waals surface area contributed by atoms with Crippen molar-refractivity contribution in [2.75, 3.05) is 13.7 Å². The van der Waals surface area contributed by atoms with E-state index < -0.39 is 24.1 Å². The number of carbonyl (C=O) groups is 2. The van der Waals surface area contributed by atoms with E-state index in [0.717, 1.165) is 0 Å². The quantitative estimate of drug-likeness (QED) is 0.480. The summed E-state index contributed by atoms with van der Waals surface area (Å²) in [6, 6.07) is -1.06. The zero-order valence-electron chi connectivity index (χ0n) is 8.19. The van der Waals surface area contributed by atoms with Gasteiger partial charge in [-0.3, -0.25) is 9.59 Å². The Labute approximate surface area is 81.9 Å². The number of esters is 1. The molecule has 0 saturated heterocycles. The van der Waals surface area contributed by atoms with Crippen molar-refractivity contribution in [2.45, 2.75) is 25.5 Å². The van der Waals surface area contributed by atoms with Crippen molar-refractivity contribution in [3.63, 3.8) is 0 Å². The van der Waals surface area contributed by atoms with E-state index >= 15 is 0 Å². The molecule has 0 fully saturated rings. The fraction of sp³-hybridized carbons (Fsp3) is 0.750. The van der Waals surface area contributed by atoms with E-state index in [2.05, 4.69) is 10.1 Å². The number of carboxylic acids is 1. The van der Waals surface area contributed by atoms with Crippen LogP contribution in [-0.2, 0) is 14.3 Å². The molecule has 14 heavy (non-hydrogen) atoms. The van der Waals surface area contributed by atoms with Gasteiger partial charge in [-0.05, 0) is 6.92 Å². The summed E-state index contributed by atoms with van der Waals surface area (Å²) in [7, 11) is 1.26. The Morgan fingerprint density at radius 1 is 1.50 bits per heavy atom. The van der Waals surface area contributed by atoms with Crippen LogP contribution in [0.15, 0.2) is 0 Å². The van der Waals surface area contributed by atoms with Crippen LogP contribution in [0.1, 0.15) is 13.3 Å². The maximum atomic E-state index is 10.7. The third kappa shape index (κ3) is 4.78. The fourth-order valence-electron chi connectivity index (χ4n) is 0.896. The Balaban J connectivity index is 3.84. The van der Waals surface area contributed by atoms with Crippen LogP contribution in [0.25, 0.3) is 0 Å². The van der Waals surface area contributed by atoms with Gasteiger partial charge < -0.3 is 20.3 Å². The Morgan fingerprint density at radius 3 is 2.43 bits per heavy atom. The molecule has 3 N–H and O–H groups in total. The lowest BCUT2D eigenvalue weighted by atomic mass is 10.2. The number of aliphatic carboxylic acids is 1. The van der Waals surface area contributed by atoms with Crippen LogP contribution in [-0.4, -0.2) is 48.0 Å². The molecule has 0 aromatic heterocycles. The monoisotopic (exact) mass is 205 g/mol. The molecule has 0 aliphatic rings. The van der Waals surface area contributed by atoms with Gasteiger partial charge >= 0.3 is 11.9 Å². The summed E-state index contributed by atoms with van der Waals surface area (Å²) in [5.74, 6) is -1.57. The second-order valence-electron chi connectivity index (χ2n) is 2.84. The number of aliphatic hydroxyl groups is 1. The highest BCUT2D eigenvalue weighted by Gasteiger charge is 2.22. The normalized spacial score (nSPS) is 14.5. The Bertz CT molecular complexity index is 204. The lowest BCUT2D eigenvalue weighted by Crippen LogP contribution is -2.45. The standard InChI is InChI=1S/C8H15NO5/c1-5(10)7(8(12)13)9-4-3-6(11)14-2/h5,7,9-10H,3-4H2,1-2H3,(H,12,13). The molecule has 0 saturated carbocycles. The highest BCUT2D eigenvalue weighted by atomic mass is 16.5. The van der Waals surface area contributed by atoms with E-state index in [-0.39, 0.29) is 13.0 Å². The molecule has 0 amide bonds. The van der Waals surface area contributed by atoms with E-state index in [4.69, 9.17) is 10.2 Å². The van der Waals surface area contributed by atoms with Crippen molar-refractivity contribution in [3.05, 3.63) is 0 Å². The SMILES string of the molecule is COC(=O)CCNC(C(=O)O)C(C)O. The summed E-state index contributed by atoms with van der Waals surface area (Å²) in [6.07, 6.45) is -0.933. The van der Waals surface area contributed by atoms with Gasteiger partial charge in [0.05, 0.1) is 19.6 Å². The van der Waals surface area contributed by atoms with E-state index in [1.54, 1.807) is 0 Å². The number of hydrogen-bond donors (Lipinski definition) is 3. The first-order valence-electron chi connectivity index (χ1n) is 4.20. The molecule has 0 aliphatic heterocycles. The molecule has 0 aromatic rings. The maximum absolute atomic E-state index is 10.7. The van der Waals surface area contributed by atoms with Crippen molar-refractivity contribution in [2.24, 2.45) is 0 Å². The molecule has 0 bridgehead atoms. The van der Waals surface area contributed by atoms with E-state index in [9.17, 15) is 9.59 Å². The third-order valence-corrected chi connectivity index (χ3v) is 1.67. The fourth-order valence-corrected chi connectivity index (χ4v) is 0.896. The highest BCUT2D eigenvalue weighted by Crippen LogP contribution is 1.93. The molecule has 2 unspecified atom stereocenters. The smallest absolute Gasteiger partial charge is 0.323 e. The van der Waals surface area contributed by atoms with E-state index in [1.165, 1.54) is 14.0 Å². The summed E-state index contributed by atoms with van der Waals surface area (Å²) >= 11 is 0. The molecule has 2 atom stereocenters. The summed E-state index contributed by atoms with van der Waals surface area (Å²) < 4.78 is 4.36. The first kappa shape index (κ1) is 12.9. The second-order valence-corrected chi connectivity index (χ2v) is 2.84. The average molecular weight is 205 g/mol. The largest absolute Gasteiger partial charge is 0.480 e. The Hall–Kier alpha value is -1.14. The van der Waals surface area contributed by atoms with Crippen LogP contribution in [0.2, 0.25) is 0 Å². The van der Waals surface area contributed by atoms with Crippen molar-refractivity contribution in [1.29, 1.82) is 0 Å². The third-order valence-electron chi connectivity index (χ3n) is 1.67. The van der Waals surface area contributed by atoms with Crippen LogP contribution in [0.3, 0.4) is 0 Å². The molecule has 0 aliphatic carbocycles. The lowest BCUT2D eigenvalue weighted by Gasteiger charge is -2.16.